The number of nitrogens with zero attached hydrogens (tertiary/aromatic N) is 3. The van der Waals surface area contributed by atoms with Crippen LogP contribution in [0, 0.1) is 11.8 Å². The molecule has 2 aromatic rings. The number of carbonyl (C=O) groups excluding carboxylic acids is 9. The molecule has 4 bridgehead atoms. The van der Waals surface area contributed by atoms with Crippen LogP contribution in [0.5, 0.6) is 5.75 Å². The largest absolute Gasteiger partial charge is 0.495 e. The first-order valence-electron chi connectivity index (χ1n) is 28.7. The summed E-state index contributed by atoms with van der Waals surface area (Å²) in [5.74, 6) is -4.71. The Kier molecular flexibility index (Phi) is 23.3. The number of urea groups is 1. The second-order valence-electron chi connectivity index (χ2n) is 22.8. The number of fused-ring (bicyclic) bond motifs is 5. The number of hydrogen-bond donors (Lipinski definition) is 8. The zero-order valence-electron chi connectivity index (χ0n) is 50.3. The van der Waals surface area contributed by atoms with Crippen molar-refractivity contribution < 1.29 is 77.0 Å². The molecule has 1 unspecified atom stereocenters. The summed E-state index contributed by atoms with van der Waals surface area (Å²) in [5.41, 5.74) is 4.24. The number of benzene rings is 2. The van der Waals surface area contributed by atoms with Gasteiger partial charge in [-0.25, -0.2) is 14.4 Å². The zero-order valence-corrected chi connectivity index (χ0v) is 51.1. The van der Waals surface area contributed by atoms with E-state index in [0.717, 1.165) is 16.0 Å². The topological polar surface area (TPSA) is 339 Å². The average molecular weight is 1220 g/mol. The lowest BCUT2D eigenvalue weighted by atomic mass is 9.83. The number of amides is 9. The molecule has 0 aliphatic carbocycles. The average Bonchev–Trinajstić information content (AvgIpc) is 1.89. The van der Waals surface area contributed by atoms with E-state index in [1.807, 2.05) is 13.0 Å². The molecular weight excluding hydrogens is 1140 g/mol. The van der Waals surface area contributed by atoms with Crippen LogP contribution in [0.4, 0.5) is 21.0 Å². The Morgan fingerprint density at radius 2 is 1.70 bits per heavy atom. The van der Waals surface area contributed by atoms with Crippen LogP contribution in [0.1, 0.15) is 109 Å². The van der Waals surface area contributed by atoms with Crippen LogP contribution >= 0.6 is 11.6 Å². The van der Waals surface area contributed by atoms with Gasteiger partial charge in [0.25, 0.3) is 5.91 Å². The van der Waals surface area contributed by atoms with Gasteiger partial charge in [0.1, 0.15) is 59.0 Å². The lowest BCUT2D eigenvalue weighted by molar-refractivity contribution is -0.158. The number of carbonyl (C=O) groups is 9. The molecule has 2 aromatic carbocycles. The van der Waals surface area contributed by atoms with E-state index >= 15 is 0 Å². The molecule has 0 aromatic heterocycles. The summed E-state index contributed by atoms with van der Waals surface area (Å²) in [7, 11) is 5.77. The fourth-order valence-corrected chi connectivity index (χ4v) is 10.9. The highest BCUT2D eigenvalue weighted by Gasteiger charge is 2.64. The Labute approximate surface area is 505 Å². The Morgan fingerprint density at radius 3 is 2.34 bits per heavy atom. The van der Waals surface area contributed by atoms with E-state index in [1.54, 1.807) is 52.0 Å². The number of methoxy groups -OCH3 is 2. The number of esters is 1. The molecule has 9 amide bonds. The van der Waals surface area contributed by atoms with Crippen LogP contribution in [-0.2, 0) is 54.1 Å². The van der Waals surface area contributed by atoms with Gasteiger partial charge in [-0.05, 0) is 107 Å². The number of nitrogens with two attached hydrogens (primary N) is 1. The molecule has 4 aliphatic heterocycles. The van der Waals surface area contributed by atoms with E-state index in [4.69, 9.17) is 41.0 Å². The number of rotatable bonds is 22. The Morgan fingerprint density at radius 1 is 0.988 bits per heavy atom. The van der Waals surface area contributed by atoms with Crippen LogP contribution in [0.3, 0.4) is 0 Å². The lowest BCUT2D eigenvalue weighted by Crippen LogP contribution is -2.63. The van der Waals surface area contributed by atoms with Crippen LogP contribution in [0.15, 0.2) is 72.4 Å². The van der Waals surface area contributed by atoms with Gasteiger partial charge < -0.3 is 75.6 Å². The molecule has 470 valence electrons. The van der Waals surface area contributed by atoms with E-state index < -0.39 is 126 Å². The third-order valence-corrected chi connectivity index (χ3v) is 16.4. The summed E-state index contributed by atoms with van der Waals surface area (Å²) in [4.78, 5) is 124. The summed E-state index contributed by atoms with van der Waals surface area (Å²) in [6.07, 6.45) is 3.73. The molecule has 2 saturated heterocycles. The van der Waals surface area contributed by atoms with Gasteiger partial charge in [-0.1, -0.05) is 62.6 Å². The molecule has 6 rings (SSSR count). The first-order valence-corrected chi connectivity index (χ1v) is 29.1. The number of nitrogens with one attached hydrogen (secondary N) is 5. The number of hydrogen-bond acceptors (Lipinski definition) is 16. The molecule has 4 heterocycles. The van der Waals surface area contributed by atoms with Gasteiger partial charge in [0.15, 0.2) is 5.72 Å². The molecule has 11 atom stereocenters. The quantitative estimate of drug-likeness (QED) is 0.0467. The molecule has 0 radical (unpaired) electrons. The summed E-state index contributed by atoms with van der Waals surface area (Å²) < 4.78 is 29.5. The smallest absolute Gasteiger partial charge is 0.409 e. The van der Waals surface area contributed by atoms with Gasteiger partial charge in [-0.3, -0.25) is 34.1 Å². The number of allylic oxidation sites excluding steroid dienone is 3. The Hall–Kier alpha value is -7.58. The summed E-state index contributed by atoms with van der Waals surface area (Å²) in [5, 5.41) is 35.2. The van der Waals surface area contributed by atoms with Crippen LogP contribution in [-0.4, -0.2) is 175 Å². The highest BCUT2D eigenvalue weighted by atomic mass is 35.5. The SMILES string of the molecule is COc1cc2cc(c1Cl)N(C)C(=O)C[C@H](OC(=O)[C@H](C)N(C)C(=O)c1ccc(NC(=O)[C@H](CCCNC(N)=O)NC(=O)[C@@H](NC(=O)CCCCCN3C(=O)C=CC3O)C(C)C)cc1)[C@]1(C)O[C@H]1[C@H](C)[C@@H]1C[C@@](O)(NC(=O)O1)[C@H](OC)/C=C/C=C(\C)C2. The second-order valence-corrected chi connectivity index (χ2v) is 23.2. The minimum atomic E-state index is -1.91. The normalized spacial score (nSPS) is 25.9. The van der Waals surface area contributed by atoms with Gasteiger partial charge in [-0.15, -0.1) is 0 Å². The van der Waals surface area contributed by atoms with Crippen molar-refractivity contribution in [3.63, 3.8) is 0 Å². The number of alkyl carbamates (subject to hydrolysis) is 1. The minimum Gasteiger partial charge on any atom is -0.495 e. The summed E-state index contributed by atoms with van der Waals surface area (Å²) >= 11 is 6.85. The predicted molar refractivity (Wildman–Crippen MR) is 316 cm³/mol. The molecule has 4 aliphatic rings. The van der Waals surface area contributed by atoms with Crippen LogP contribution in [0.2, 0.25) is 5.02 Å². The molecule has 0 saturated carbocycles. The third-order valence-electron chi connectivity index (χ3n) is 16.0. The number of aliphatic hydroxyl groups is 2. The van der Waals surface area contributed by atoms with E-state index in [9.17, 15) is 53.4 Å². The second kappa shape index (κ2) is 29.7. The van der Waals surface area contributed by atoms with Crippen molar-refractivity contribution in [1.82, 2.24) is 31.1 Å². The fourth-order valence-electron chi connectivity index (χ4n) is 10.6. The lowest BCUT2D eigenvalue weighted by Gasteiger charge is -2.42. The maximum Gasteiger partial charge on any atom is 0.409 e. The van der Waals surface area contributed by atoms with Crippen LogP contribution in [0.25, 0.3) is 0 Å². The van der Waals surface area contributed by atoms with Crippen molar-refractivity contribution >= 4 is 76.5 Å². The zero-order chi connectivity index (χ0) is 63.4. The van der Waals surface area contributed by atoms with Gasteiger partial charge in [0, 0.05) is 70.4 Å². The molecule has 25 nitrogen and oxygen atoms in total. The number of likely N-dealkylation sites (N-methyl/N-ethyl adjacent to an activating group) is 1. The number of ether oxygens (including phenoxy) is 5. The van der Waals surface area contributed by atoms with Gasteiger partial charge in [0.05, 0.1) is 25.3 Å². The van der Waals surface area contributed by atoms with Crippen LogP contribution < -0.4 is 42.0 Å². The number of halogens is 1. The monoisotopic (exact) mass is 1220 g/mol. The maximum absolute atomic E-state index is 14.5. The summed E-state index contributed by atoms with van der Waals surface area (Å²) in [6.45, 7) is 10.6. The highest BCUT2D eigenvalue weighted by molar-refractivity contribution is 6.35. The number of anilines is 2. The number of aliphatic hydroxyl groups excluding tert-OH is 1. The van der Waals surface area contributed by atoms with Crippen molar-refractivity contribution in [2.45, 2.75) is 159 Å². The van der Waals surface area contributed by atoms with E-state index in [1.165, 1.54) is 81.5 Å². The molecule has 9 N–H and O–H groups in total. The minimum absolute atomic E-state index is 0.0485. The van der Waals surface area contributed by atoms with Crippen molar-refractivity contribution in [3.8, 4) is 5.75 Å². The Bertz CT molecular complexity index is 2940. The van der Waals surface area contributed by atoms with E-state index in [-0.39, 0.29) is 54.4 Å². The first-order chi connectivity index (χ1) is 40.6. The van der Waals surface area contributed by atoms with Gasteiger partial charge in [0.2, 0.25) is 29.5 Å². The van der Waals surface area contributed by atoms with Crippen molar-refractivity contribution in [1.29, 1.82) is 0 Å². The first kappa shape index (κ1) is 67.5. The number of primary amides is 1. The summed E-state index contributed by atoms with van der Waals surface area (Å²) in [6, 6.07) is 5.04. The number of unbranched alkanes of at least 4 members (excludes halogenated alkanes) is 2. The molecular formula is C60H82ClN9O16. The third kappa shape index (κ3) is 17.1. The van der Waals surface area contributed by atoms with E-state index in [0.29, 0.717) is 43.7 Å². The van der Waals surface area contributed by atoms with Gasteiger partial charge in [-0.2, -0.15) is 0 Å². The molecule has 2 fully saturated rings. The Balaban J connectivity index is 1.14. The number of epoxide rings is 1. The maximum atomic E-state index is 14.5. The van der Waals surface area contributed by atoms with Gasteiger partial charge >= 0.3 is 18.1 Å². The van der Waals surface area contributed by atoms with Crippen molar-refractivity contribution in [2.24, 2.45) is 17.6 Å². The van der Waals surface area contributed by atoms with Crippen molar-refractivity contribution in [2.75, 3.05) is 51.6 Å². The van der Waals surface area contributed by atoms with Crippen molar-refractivity contribution in [3.05, 3.63) is 88.5 Å². The molecule has 26 heteroatoms. The highest BCUT2D eigenvalue weighted by Crippen LogP contribution is 2.49. The standard InChI is InChI=1S/C60H82ClN9O16/c1-33(2)51(66-46(71)19-12-11-13-27-70-47(72)24-25-48(70)73)54(76)65-40(17-15-26-63-57(62)79)53(75)64-39-22-20-38(21-23-39)55(77)68(7)36(5)56(78)85-45-31-49(74)69(8)41-29-37(30-42(82-9)50(41)61)28-34(3)16-14-18-44(83-10)60(81)32-43(84-58(80)67-60)35(4)52-59(45,6)86-52/h14,16,18,20-25,29-30,33,35-36,40,43-45,47,51-52,72,81H,11-13,15,17,19,26-28,31-32H2,1-10H3,(H,64,75)(H,65,76)(H,66,71)(H,67,80)(H3,62,63,79)/b18-14+,34-16+/t35-,36+,40+,43+,44-,45+,47?,51+,52+,59+,60+/m1/s1. The predicted octanol–water partition coefficient (Wildman–Crippen LogP) is 4.12. The van der Waals surface area contributed by atoms with E-state index in [2.05, 4.69) is 26.6 Å². The molecule has 0 spiro atoms. The molecule has 86 heavy (non-hydrogen) atoms. The fraction of sp³-hybridized carbons (Fsp3) is 0.550.